The number of fused-ring (bicyclic) bond motifs is 2. The Hall–Kier alpha value is -3.11. The van der Waals surface area contributed by atoms with Crippen molar-refractivity contribution in [3.8, 4) is 11.5 Å². The van der Waals surface area contributed by atoms with Gasteiger partial charge in [-0.2, -0.15) is 0 Å². The molecule has 1 aromatic carbocycles. The lowest BCUT2D eigenvalue weighted by Gasteiger charge is -2.26. The van der Waals surface area contributed by atoms with Gasteiger partial charge in [0.15, 0.2) is 11.5 Å². The number of benzene rings is 1. The van der Waals surface area contributed by atoms with Gasteiger partial charge < -0.3 is 29.4 Å². The molecule has 2 aromatic rings. The zero-order valence-electron chi connectivity index (χ0n) is 21.3. The number of nitrogens with one attached hydrogen (secondary N) is 2. The molecule has 36 heavy (non-hydrogen) atoms. The van der Waals surface area contributed by atoms with E-state index in [-0.39, 0.29) is 24.2 Å². The fourth-order valence-corrected chi connectivity index (χ4v) is 4.60. The molecule has 10 nitrogen and oxygen atoms in total. The number of ether oxygens (including phenoxy) is 3. The van der Waals surface area contributed by atoms with Crippen LogP contribution in [0.1, 0.15) is 44.0 Å². The van der Waals surface area contributed by atoms with Gasteiger partial charge in [-0.25, -0.2) is 0 Å². The summed E-state index contributed by atoms with van der Waals surface area (Å²) in [5, 5.41) is 6.15. The van der Waals surface area contributed by atoms with E-state index in [2.05, 4.69) is 15.5 Å². The topological polar surface area (TPSA) is 111 Å². The molecule has 2 aliphatic rings. The molecule has 1 saturated heterocycles. The first-order valence-electron chi connectivity index (χ1n) is 12.7. The minimum Gasteiger partial charge on any atom is -0.454 e. The van der Waals surface area contributed by atoms with Crippen molar-refractivity contribution in [1.29, 1.82) is 0 Å². The van der Waals surface area contributed by atoms with Crippen LogP contribution in [0.25, 0.3) is 10.9 Å². The van der Waals surface area contributed by atoms with Gasteiger partial charge in [0.2, 0.25) is 18.1 Å². The van der Waals surface area contributed by atoms with Gasteiger partial charge in [0.25, 0.3) is 5.91 Å². The second kappa shape index (κ2) is 11.7. The van der Waals surface area contributed by atoms with Gasteiger partial charge in [-0.15, -0.1) is 0 Å². The second-order valence-electron chi connectivity index (χ2n) is 9.63. The van der Waals surface area contributed by atoms with E-state index in [1.165, 1.54) is 0 Å². The van der Waals surface area contributed by atoms with E-state index in [4.69, 9.17) is 14.2 Å². The SMILES string of the molecule is CCn1cc(C(=O)N[C@H](CC(C)C)C(=O)NCCCN2CCOCC2)c(=O)c2cc3c(cc21)OCO3. The van der Waals surface area contributed by atoms with Crippen molar-refractivity contribution in [3.63, 3.8) is 0 Å². The smallest absolute Gasteiger partial charge is 0.257 e. The number of rotatable bonds is 10. The van der Waals surface area contributed by atoms with Gasteiger partial charge in [-0.3, -0.25) is 19.3 Å². The molecule has 4 rings (SSSR count). The van der Waals surface area contributed by atoms with Gasteiger partial charge in [0, 0.05) is 38.4 Å². The fourth-order valence-electron chi connectivity index (χ4n) is 4.60. The fraction of sp³-hybridized carbons (Fsp3) is 0.577. The van der Waals surface area contributed by atoms with Crippen LogP contribution in [-0.2, 0) is 16.1 Å². The highest BCUT2D eigenvalue weighted by atomic mass is 16.7. The predicted octanol–water partition coefficient (Wildman–Crippen LogP) is 1.73. The van der Waals surface area contributed by atoms with Crippen LogP contribution in [0.5, 0.6) is 11.5 Å². The number of carbonyl (C=O) groups excluding carboxylic acids is 2. The molecule has 0 radical (unpaired) electrons. The van der Waals surface area contributed by atoms with Crippen molar-refractivity contribution in [2.75, 3.05) is 46.2 Å². The number of pyridine rings is 1. The molecule has 0 unspecified atom stereocenters. The maximum Gasteiger partial charge on any atom is 0.257 e. The van der Waals surface area contributed by atoms with Crippen molar-refractivity contribution in [2.24, 2.45) is 5.92 Å². The summed E-state index contributed by atoms with van der Waals surface area (Å²) >= 11 is 0. The quantitative estimate of drug-likeness (QED) is 0.478. The number of carbonyl (C=O) groups is 2. The highest BCUT2D eigenvalue weighted by molar-refractivity contribution is 6.00. The lowest BCUT2D eigenvalue weighted by molar-refractivity contribution is -0.123. The van der Waals surface area contributed by atoms with Crippen molar-refractivity contribution in [1.82, 2.24) is 20.1 Å². The van der Waals surface area contributed by atoms with Crippen LogP contribution in [0, 0.1) is 5.92 Å². The number of amides is 2. The Kier molecular flexibility index (Phi) is 8.48. The van der Waals surface area contributed by atoms with Gasteiger partial charge in [-0.1, -0.05) is 13.8 Å². The second-order valence-corrected chi connectivity index (χ2v) is 9.63. The van der Waals surface area contributed by atoms with Gasteiger partial charge in [-0.05, 0) is 38.3 Å². The molecular formula is C26H36N4O6. The third-order valence-electron chi connectivity index (χ3n) is 6.54. The molecule has 2 aliphatic heterocycles. The molecule has 0 bridgehead atoms. The molecule has 1 aromatic heterocycles. The summed E-state index contributed by atoms with van der Waals surface area (Å²) in [6.45, 7) is 11.3. The number of aryl methyl sites for hydroxylation is 1. The Labute approximate surface area is 210 Å². The largest absolute Gasteiger partial charge is 0.454 e. The van der Waals surface area contributed by atoms with E-state index in [1.807, 2.05) is 25.3 Å². The van der Waals surface area contributed by atoms with E-state index >= 15 is 0 Å². The molecule has 1 fully saturated rings. The molecule has 2 N–H and O–H groups in total. The Balaban J connectivity index is 1.46. The summed E-state index contributed by atoms with van der Waals surface area (Å²) in [5.41, 5.74) is 0.261. The Bertz CT molecular complexity index is 1160. The molecular weight excluding hydrogens is 464 g/mol. The zero-order valence-corrected chi connectivity index (χ0v) is 21.3. The lowest BCUT2D eigenvalue weighted by Crippen LogP contribution is -2.48. The molecule has 0 aliphatic carbocycles. The summed E-state index contributed by atoms with van der Waals surface area (Å²) in [4.78, 5) is 41.8. The van der Waals surface area contributed by atoms with Crippen LogP contribution in [0.3, 0.4) is 0 Å². The number of morpholine rings is 1. The van der Waals surface area contributed by atoms with E-state index in [9.17, 15) is 14.4 Å². The summed E-state index contributed by atoms with van der Waals surface area (Å²) in [7, 11) is 0. The third-order valence-corrected chi connectivity index (χ3v) is 6.54. The number of hydrogen-bond acceptors (Lipinski definition) is 7. The number of aromatic nitrogens is 1. The van der Waals surface area contributed by atoms with Crippen LogP contribution in [0.4, 0.5) is 0 Å². The van der Waals surface area contributed by atoms with E-state index in [0.29, 0.717) is 41.9 Å². The van der Waals surface area contributed by atoms with Crippen molar-refractivity contribution in [3.05, 3.63) is 34.1 Å². The maximum absolute atomic E-state index is 13.3. The Morgan fingerprint density at radius 1 is 1.11 bits per heavy atom. The first-order chi connectivity index (χ1) is 17.4. The molecule has 3 heterocycles. The average Bonchev–Trinajstić information content (AvgIpc) is 3.33. The number of nitrogens with zero attached hydrogens (tertiary/aromatic N) is 2. The van der Waals surface area contributed by atoms with Crippen LogP contribution in [0.2, 0.25) is 0 Å². The average molecular weight is 501 g/mol. The van der Waals surface area contributed by atoms with E-state index < -0.39 is 17.4 Å². The summed E-state index contributed by atoms with van der Waals surface area (Å²) in [6, 6.07) is 2.65. The molecule has 10 heteroatoms. The van der Waals surface area contributed by atoms with E-state index in [1.54, 1.807) is 18.3 Å². The molecule has 2 amide bonds. The molecule has 196 valence electrons. The van der Waals surface area contributed by atoms with Crippen molar-refractivity contribution in [2.45, 2.75) is 46.2 Å². The maximum atomic E-state index is 13.3. The highest BCUT2D eigenvalue weighted by Gasteiger charge is 2.25. The highest BCUT2D eigenvalue weighted by Crippen LogP contribution is 2.35. The first kappa shape index (κ1) is 26.0. The zero-order chi connectivity index (χ0) is 25.7. The van der Waals surface area contributed by atoms with Crippen molar-refractivity contribution >= 4 is 22.7 Å². The minimum atomic E-state index is -0.734. The first-order valence-corrected chi connectivity index (χ1v) is 12.7. The summed E-state index contributed by atoms with van der Waals surface area (Å²) < 4.78 is 18.1. The van der Waals surface area contributed by atoms with Gasteiger partial charge in [0.05, 0.1) is 24.1 Å². The standard InChI is InChI=1S/C26H36N4O6/c1-4-30-15-19(24(31)18-13-22-23(14-21(18)30)36-16-35-22)25(32)28-20(12-17(2)3)26(33)27-6-5-7-29-8-10-34-11-9-29/h13-15,17,20H,4-12,16H2,1-3H3,(H,27,33)(H,28,32)/t20-/m1/s1. The van der Waals surface area contributed by atoms with Crippen molar-refractivity contribution < 1.29 is 23.8 Å². The Morgan fingerprint density at radius 3 is 2.53 bits per heavy atom. The monoisotopic (exact) mass is 500 g/mol. The summed E-state index contributed by atoms with van der Waals surface area (Å²) in [6.07, 6.45) is 2.83. The van der Waals surface area contributed by atoms with E-state index in [0.717, 1.165) is 39.3 Å². The Morgan fingerprint density at radius 2 is 1.83 bits per heavy atom. The minimum absolute atomic E-state index is 0.00270. The lowest BCUT2D eigenvalue weighted by atomic mass is 10.0. The van der Waals surface area contributed by atoms with Crippen LogP contribution in [0.15, 0.2) is 23.1 Å². The van der Waals surface area contributed by atoms with Gasteiger partial charge >= 0.3 is 0 Å². The molecule has 1 atom stereocenters. The third kappa shape index (κ3) is 5.99. The van der Waals surface area contributed by atoms with Crippen LogP contribution < -0.4 is 25.5 Å². The molecule has 0 saturated carbocycles. The normalized spacial score (nSPS) is 16.3. The molecule has 0 spiro atoms. The van der Waals surface area contributed by atoms with Gasteiger partial charge in [0.1, 0.15) is 11.6 Å². The predicted molar refractivity (Wildman–Crippen MR) is 136 cm³/mol. The summed E-state index contributed by atoms with van der Waals surface area (Å²) in [5.74, 6) is 0.436. The van der Waals surface area contributed by atoms with Crippen LogP contribution >= 0.6 is 0 Å². The number of hydrogen-bond donors (Lipinski definition) is 2. The van der Waals surface area contributed by atoms with Crippen LogP contribution in [-0.4, -0.2) is 73.5 Å².